The summed E-state index contributed by atoms with van der Waals surface area (Å²) in [5.41, 5.74) is -1.51. The van der Waals surface area contributed by atoms with Crippen LogP contribution in [-0.2, 0) is 6.18 Å². The minimum absolute atomic E-state index is 0.0250. The van der Waals surface area contributed by atoms with Crippen molar-refractivity contribution in [3.05, 3.63) is 34.8 Å². The Labute approximate surface area is 102 Å². The van der Waals surface area contributed by atoms with Crippen molar-refractivity contribution in [2.75, 3.05) is 0 Å². The topological polar surface area (TPSA) is 92.2 Å². The molecule has 0 spiro atoms. The monoisotopic (exact) mass is 270 g/mol. The number of halogens is 3. The van der Waals surface area contributed by atoms with Gasteiger partial charge in [0.25, 0.3) is 5.56 Å². The largest absolute Gasteiger partial charge is 0.432 e. The Morgan fingerprint density at radius 3 is 2.68 bits per heavy atom. The summed E-state index contributed by atoms with van der Waals surface area (Å²) in [4.78, 5) is 25.7. The molecule has 10 heteroatoms. The van der Waals surface area contributed by atoms with Crippen LogP contribution in [0, 0.1) is 0 Å². The van der Waals surface area contributed by atoms with Crippen molar-refractivity contribution in [1.82, 2.24) is 29.7 Å². The van der Waals surface area contributed by atoms with Gasteiger partial charge >= 0.3 is 6.18 Å². The van der Waals surface area contributed by atoms with Crippen molar-refractivity contribution in [3.63, 3.8) is 0 Å². The molecule has 19 heavy (non-hydrogen) atoms. The Morgan fingerprint density at radius 1 is 1.21 bits per heavy atom. The highest BCUT2D eigenvalue weighted by atomic mass is 19.4. The minimum atomic E-state index is -4.63. The van der Waals surface area contributed by atoms with Gasteiger partial charge in [0.2, 0.25) is 0 Å². The first-order valence-corrected chi connectivity index (χ1v) is 5.00. The molecule has 0 aliphatic rings. The SMILES string of the molecule is O=c1cc(C(F)(F)F)[nH]n1-c1ncnc2nc[nH]c12. The first kappa shape index (κ1) is 11.4. The quantitative estimate of drug-likeness (QED) is 0.685. The molecule has 2 N–H and O–H groups in total. The van der Waals surface area contributed by atoms with Crippen LogP contribution in [0.2, 0.25) is 0 Å². The predicted molar refractivity (Wildman–Crippen MR) is 56.6 cm³/mol. The van der Waals surface area contributed by atoms with Crippen molar-refractivity contribution >= 4 is 11.2 Å². The molecule has 0 bridgehead atoms. The first-order valence-electron chi connectivity index (χ1n) is 5.00. The number of rotatable bonds is 1. The van der Waals surface area contributed by atoms with Gasteiger partial charge in [0.15, 0.2) is 11.5 Å². The second-order valence-electron chi connectivity index (χ2n) is 3.64. The van der Waals surface area contributed by atoms with Crippen molar-refractivity contribution in [3.8, 4) is 5.82 Å². The van der Waals surface area contributed by atoms with E-state index in [1.165, 1.54) is 6.33 Å². The molecule has 0 aliphatic heterocycles. The standard InChI is InChI=1S/C9H5F3N6O/c10-9(11,12)4-1-5(19)18(17-4)8-6-7(14-2-13-6)15-3-16-8/h1-3,17H,(H,13,14,15,16). The Kier molecular flexibility index (Phi) is 2.21. The van der Waals surface area contributed by atoms with Crippen LogP contribution in [0.4, 0.5) is 13.2 Å². The van der Waals surface area contributed by atoms with E-state index in [1.807, 2.05) is 5.10 Å². The van der Waals surface area contributed by atoms with E-state index in [1.54, 1.807) is 0 Å². The van der Waals surface area contributed by atoms with Gasteiger partial charge in [0.05, 0.1) is 6.33 Å². The van der Waals surface area contributed by atoms with Crippen molar-refractivity contribution in [2.24, 2.45) is 0 Å². The van der Waals surface area contributed by atoms with Crippen molar-refractivity contribution < 1.29 is 13.2 Å². The summed E-state index contributed by atoms with van der Waals surface area (Å²) in [5.74, 6) is -0.0250. The number of nitrogens with zero attached hydrogens (tertiary/aromatic N) is 4. The lowest BCUT2D eigenvalue weighted by Gasteiger charge is -2.03. The maximum absolute atomic E-state index is 12.5. The highest BCUT2D eigenvalue weighted by Gasteiger charge is 2.34. The Balaban J connectivity index is 2.25. The molecule has 0 saturated heterocycles. The Hall–Kier alpha value is -2.65. The molecule has 0 fully saturated rings. The van der Waals surface area contributed by atoms with Crippen molar-refractivity contribution in [1.29, 1.82) is 0 Å². The Morgan fingerprint density at radius 2 is 2.00 bits per heavy atom. The number of alkyl halides is 3. The lowest BCUT2D eigenvalue weighted by molar-refractivity contribution is -0.141. The van der Waals surface area contributed by atoms with E-state index in [0.29, 0.717) is 10.7 Å². The van der Waals surface area contributed by atoms with E-state index < -0.39 is 17.4 Å². The lowest BCUT2D eigenvalue weighted by Crippen LogP contribution is -2.15. The van der Waals surface area contributed by atoms with Gasteiger partial charge < -0.3 is 4.98 Å². The average Bonchev–Trinajstić information content (AvgIpc) is 2.93. The average molecular weight is 270 g/mol. The maximum Gasteiger partial charge on any atom is 0.432 e. The zero-order chi connectivity index (χ0) is 13.6. The van der Waals surface area contributed by atoms with E-state index in [-0.39, 0.29) is 17.0 Å². The number of hydrogen-bond acceptors (Lipinski definition) is 4. The molecule has 0 amide bonds. The Bertz CT molecular complexity index is 798. The lowest BCUT2D eigenvalue weighted by atomic mass is 10.4. The highest BCUT2D eigenvalue weighted by molar-refractivity contribution is 5.77. The maximum atomic E-state index is 12.5. The zero-order valence-electron chi connectivity index (χ0n) is 9.06. The fourth-order valence-corrected chi connectivity index (χ4v) is 1.62. The van der Waals surface area contributed by atoms with Crippen molar-refractivity contribution in [2.45, 2.75) is 6.18 Å². The van der Waals surface area contributed by atoms with E-state index in [0.717, 1.165) is 6.33 Å². The van der Waals surface area contributed by atoms with Crippen LogP contribution in [-0.4, -0.2) is 29.7 Å². The summed E-state index contributed by atoms with van der Waals surface area (Å²) in [6.07, 6.45) is -2.22. The number of fused-ring (bicyclic) bond motifs is 1. The van der Waals surface area contributed by atoms with Crippen LogP contribution in [0.1, 0.15) is 5.69 Å². The third-order valence-corrected chi connectivity index (χ3v) is 2.44. The molecule has 0 radical (unpaired) electrons. The second kappa shape index (κ2) is 3.67. The molecule has 98 valence electrons. The molecule has 0 aromatic carbocycles. The minimum Gasteiger partial charge on any atom is -0.340 e. The molecular weight excluding hydrogens is 265 g/mol. The molecule has 3 heterocycles. The summed E-state index contributed by atoms with van der Waals surface area (Å²) in [6.45, 7) is 0. The van der Waals surface area contributed by atoms with Gasteiger partial charge in [-0.15, -0.1) is 0 Å². The second-order valence-corrected chi connectivity index (χ2v) is 3.64. The van der Waals surface area contributed by atoms with Crippen LogP contribution in [0.5, 0.6) is 0 Å². The third kappa shape index (κ3) is 1.77. The van der Waals surface area contributed by atoms with Gasteiger partial charge in [-0.2, -0.15) is 17.9 Å². The number of hydrogen-bond donors (Lipinski definition) is 2. The van der Waals surface area contributed by atoms with Gasteiger partial charge in [-0.1, -0.05) is 0 Å². The third-order valence-electron chi connectivity index (χ3n) is 2.44. The van der Waals surface area contributed by atoms with Gasteiger partial charge in [0.1, 0.15) is 17.5 Å². The number of aromatic nitrogens is 6. The summed E-state index contributed by atoms with van der Waals surface area (Å²) in [6, 6.07) is 0.463. The summed E-state index contributed by atoms with van der Waals surface area (Å²) < 4.78 is 38.2. The molecular formula is C9H5F3N6O. The normalized spacial score (nSPS) is 12.2. The zero-order valence-corrected chi connectivity index (χ0v) is 9.06. The number of H-pyrrole nitrogens is 2. The molecule has 0 unspecified atom stereocenters. The van der Waals surface area contributed by atoms with Gasteiger partial charge in [-0.3, -0.25) is 9.89 Å². The summed E-state index contributed by atoms with van der Waals surface area (Å²) >= 11 is 0. The van der Waals surface area contributed by atoms with Gasteiger partial charge in [0, 0.05) is 6.07 Å². The summed E-state index contributed by atoms with van der Waals surface area (Å²) in [7, 11) is 0. The molecule has 0 atom stereocenters. The van der Waals surface area contributed by atoms with Gasteiger partial charge in [-0.25, -0.2) is 15.0 Å². The van der Waals surface area contributed by atoms with E-state index in [2.05, 4.69) is 19.9 Å². The van der Waals surface area contributed by atoms with Crippen LogP contribution in [0.3, 0.4) is 0 Å². The molecule has 3 aromatic heterocycles. The van der Waals surface area contributed by atoms with E-state index in [9.17, 15) is 18.0 Å². The fraction of sp³-hybridized carbons (Fsp3) is 0.111. The highest BCUT2D eigenvalue weighted by Crippen LogP contribution is 2.26. The number of nitrogens with one attached hydrogen (secondary N) is 2. The molecule has 3 rings (SSSR count). The fourth-order valence-electron chi connectivity index (χ4n) is 1.62. The molecule has 0 aliphatic carbocycles. The predicted octanol–water partition coefficient (Wildman–Crippen LogP) is 0.851. The van der Waals surface area contributed by atoms with Crippen LogP contribution in [0.15, 0.2) is 23.5 Å². The number of imidazole rings is 1. The molecule has 7 nitrogen and oxygen atoms in total. The summed E-state index contributed by atoms with van der Waals surface area (Å²) in [5, 5.41) is 1.96. The van der Waals surface area contributed by atoms with E-state index >= 15 is 0 Å². The van der Waals surface area contributed by atoms with Crippen LogP contribution < -0.4 is 5.56 Å². The first-order chi connectivity index (χ1) is 8.97. The van der Waals surface area contributed by atoms with Crippen LogP contribution >= 0.6 is 0 Å². The van der Waals surface area contributed by atoms with Crippen LogP contribution in [0.25, 0.3) is 17.0 Å². The van der Waals surface area contributed by atoms with E-state index in [4.69, 9.17) is 0 Å². The molecule has 3 aromatic rings. The van der Waals surface area contributed by atoms with Gasteiger partial charge in [-0.05, 0) is 0 Å². The number of aromatic amines is 2. The molecule has 0 saturated carbocycles. The smallest absolute Gasteiger partial charge is 0.340 e.